The molecule has 1 amide bonds. The number of carboxylic acid groups (broad SMARTS) is 1. The summed E-state index contributed by atoms with van der Waals surface area (Å²) in [4.78, 5) is 23.3. The monoisotopic (exact) mass is 197 g/mol. The Morgan fingerprint density at radius 3 is 2.71 bits per heavy atom. The molecule has 0 saturated carbocycles. The summed E-state index contributed by atoms with van der Waals surface area (Å²) in [6.07, 6.45) is 4.17. The predicted molar refractivity (Wildman–Crippen MR) is 51.8 cm³/mol. The molecule has 1 aliphatic rings. The molecule has 0 aromatic heterocycles. The van der Waals surface area contributed by atoms with E-state index in [1.54, 1.807) is 4.90 Å². The van der Waals surface area contributed by atoms with Crippen LogP contribution in [0.2, 0.25) is 0 Å². The van der Waals surface area contributed by atoms with Crippen LogP contribution in [0.4, 0.5) is 0 Å². The number of amides is 1. The molecule has 1 rings (SSSR count). The highest BCUT2D eigenvalue weighted by molar-refractivity contribution is 5.93. The maximum atomic E-state index is 11.4. The van der Waals surface area contributed by atoms with Gasteiger partial charge in [-0.1, -0.05) is 6.92 Å². The fraction of sp³-hybridized carbons (Fsp3) is 0.600. The Kier molecular flexibility index (Phi) is 3.68. The number of hydrogen-bond acceptors (Lipinski definition) is 2. The van der Waals surface area contributed by atoms with Crippen molar-refractivity contribution in [2.24, 2.45) is 5.92 Å². The lowest BCUT2D eigenvalue weighted by Crippen LogP contribution is -2.38. The normalized spacial score (nSPS) is 22.6. The van der Waals surface area contributed by atoms with E-state index < -0.39 is 5.97 Å². The van der Waals surface area contributed by atoms with Crippen LogP contribution < -0.4 is 0 Å². The molecule has 4 heteroatoms. The van der Waals surface area contributed by atoms with Crippen molar-refractivity contribution >= 4 is 11.9 Å². The van der Waals surface area contributed by atoms with Crippen molar-refractivity contribution in [1.82, 2.24) is 4.90 Å². The maximum Gasteiger partial charge on any atom is 0.328 e. The minimum atomic E-state index is -1.08. The van der Waals surface area contributed by atoms with Gasteiger partial charge in [-0.05, 0) is 18.8 Å². The standard InChI is InChI=1S/C10H15NO3/c1-8-3-2-6-11(7-8)9(12)4-5-10(13)14/h4-5,8H,2-3,6-7H2,1H3,(H,13,14)/b5-4+/t8-/m1/s1. The van der Waals surface area contributed by atoms with E-state index in [1.807, 2.05) is 0 Å². The Balaban J connectivity index is 2.47. The number of likely N-dealkylation sites (tertiary alicyclic amines) is 1. The second-order valence-electron chi connectivity index (χ2n) is 3.70. The summed E-state index contributed by atoms with van der Waals surface area (Å²) in [6.45, 7) is 3.58. The first-order valence-corrected chi connectivity index (χ1v) is 4.79. The quantitative estimate of drug-likeness (QED) is 0.669. The number of carboxylic acids is 1. The summed E-state index contributed by atoms with van der Waals surface area (Å²) < 4.78 is 0. The lowest BCUT2D eigenvalue weighted by atomic mass is 10.0. The van der Waals surface area contributed by atoms with E-state index in [4.69, 9.17) is 5.11 Å². The van der Waals surface area contributed by atoms with Gasteiger partial charge in [0.2, 0.25) is 5.91 Å². The number of carbonyl (C=O) groups is 2. The second-order valence-corrected chi connectivity index (χ2v) is 3.70. The van der Waals surface area contributed by atoms with Crippen LogP contribution in [-0.4, -0.2) is 35.0 Å². The smallest absolute Gasteiger partial charge is 0.328 e. The Hall–Kier alpha value is -1.32. The molecule has 0 aromatic carbocycles. The Bertz CT molecular complexity index is 260. The van der Waals surface area contributed by atoms with Gasteiger partial charge in [0.25, 0.3) is 0 Å². The molecule has 0 aromatic rings. The van der Waals surface area contributed by atoms with Crippen molar-refractivity contribution in [1.29, 1.82) is 0 Å². The van der Waals surface area contributed by atoms with Crippen LogP contribution in [0.1, 0.15) is 19.8 Å². The first-order chi connectivity index (χ1) is 6.59. The third-order valence-corrected chi connectivity index (χ3v) is 2.34. The van der Waals surface area contributed by atoms with E-state index in [-0.39, 0.29) is 5.91 Å². The molecule has 1 saturated heterocycles. The molecular weight excluding hydrogens is 182 g/mol. The van der Waals surface area contributed by atoms with Crippen molar-refractivity contribution in [3.63, 3.8) is 0 Å². The van der Waals surface area contributed by atoms with Crippen LogP contribution in [-0.2, 0) is 9.59 Å². The summed E-state index contributed by atoms with van der Waals surface area (Å²) >= 11 is 0. The maximum absolute atomic E-state index is 11.4. The third kappa shape index (κ3) is 3.20. The van der Waals surface area contributed by atoms with Crippen molar-refractivity contribution in [3.05, 3.63) is 12.2 Å². The lowest BCUT2D eigenvalue weighted by Gasteiger charge is -2.29. The van der Waals surface area contributed by atoms with Gasteiger partial charge in [-0.3, -0.25) is 4.79 Å². The lowest BCUT2D eigenvalue weighted by molar-refractivity contribution is -0.132. The summed E-state index contributed by atoms with van der Waals surface area (Å²) in [5.74, 6) is -0.756. The van der Waals surface area contributed by atoms with E-state index in [0.717, 1.165) is 38.1 Å². The number of carbonyl (C=O) groups excluding carboxylic acids is 1. The molecular formula is C10H15NO3. The van der Waals surface area contributed by atoms with E-state index in [9.17, 15) is 9.59 Å². The number of rotatable bonds is 2. The van der Waals surface area contributed by atoms with E-state index in [2.05, 4.69) is 6.92 Å². The first-order valence-electron chi connectivity index (χ1n) is 4.79. The average Bonchev–Trinajstić information content (AvgIpc) is 2.14. The highest BCUT2D eigenvalue weighted by Gasteiger charge is 2.18. The summed E-state index contributed by atoms with van der Waals surface area (Å²) in [7, 11) is 0. The van der Waals surface area contributed by atoms with E-state index in [1.165, 1.54) is 0 Å². The minimum absolute atomic E-state index is 0.195. The molecule has 1 atom stereocenters. The zero-order chi connectivity index (χ0) is 10.6. The van der Waals surface area contributed by atoms with Crippen LogP contribution in [0.5, 0.6) is 0 Å². The molecule has 0 unspecified atom stereocenters. The van der Waals surface area contributed by atoms with Gasteiger partial charge in [-0.15, -0.1) is 0 Å². The van der Waals surface area contributed by atoms with Crippen LogP contribution in [0.15, 0.2) is 12.2 Å². The molecule has 1 N–H and O–H groups in total. The SMILES string of the molecule is C[C@@H]1CCCN(C(=O)/C=C/C(=O)O)C1. The van der Waals surface area contributed by atoms with Crippen LogP contribution in [0, 0.1) is 5.92 Å². The van der Waals surface area contributed by atoms with E-state index in [0.29, 0.717) is 5.92 Å². The molecule has 4 nitrogen and oxygen atoms in total. The number of aliphatic carboxylic acids is 1. The van der Waals surface area contributed by atoms with Gasteiger partial charge in [0.15, 0.2) is 0 Å². The Morgan fingerprint density at radius 2 is 2.14 bits per heavy atom. The minimum Gasteiger partial charge on any atom is -0.478 e. The highest BCUT2D eigenvalue weighted by atomic mass is 16.4. The Labute approximate surface area is 83.2 Å². The summed E-state index contributed by atoms with van der Waals surface area (Å²) in [5.41, 5.74) is 0. The van der Waals surface area contributed by atoms with E-state index >= 15 is 0 Å². The van der Waals surface area contributed by atoms with Crippen molar-refractivity contribution in [2.75, 3.05) is 13.1 Å². The van der Waals surface area contributed by atoms with Gasteiger partial charge < -0.3 is 10.0 Å². The first kappa shape index (κ1) is 10.8. The molecule has 1 heterocycles. The van der Waals surface area contributed by atoms with Crippen molar-refractivity contribution < 1.29 is 14.7 Å². The number of piperidine rings is 1. The molecule has 0 spiro atoms. The summed E-state index contributed by atoms with van der Waals surface area (Å²) in [5, 5.41) is 8.36. The molecule has 1 fully saturated rings. The van der Waals surface area contributed by atoms with Crippen molar-refractivity contribution in [2.45, 2.75) is 19.8 Å². The van der Waals surface area contributed by atoms with Crippen LogP contribution in [0.25, 0.3) is 0 Å². The third-order valence-electron chi connectivity index (χ3n) is 2.34. The predicted octanol–water partition coefficient (Wildman–Crippen LogP) is 0.886. The zero-order valence-electron chi connectivity index (χ0n) is 8.27. The molecule has 14 heavy (non-hydrogen) atoms. The fourth-order valence-electron chi connectivity index (χ4n) is 1.64. The molecule has 0 radical (unpaired) electrons. The second kappa shape index (κ2) is 4.79. The van der Waals surface area contributed by atoms with Gasteiger partial charge in [0.1, 0.15) is 0 Å². The highest BCUT2D eigenvalue weighted by Crippen LogP contribution is 2.15. The molecule has 0 bridgehead atoms. The van der Waals surface area contributed by atoms with Crippen molar-refractivity contribution in [3.8, 4) is 0 Å². The largest absolute Gasteiger partial charge is 0.478 e. The fourth-order valence-corrected chi connectivity index (χ4v) is 1.64. The topological polar surface area (TPSA) is 57.6 Å². The average molecular weight is 197 g/mol. The van der Waals surface area contributed by atoms with Crippen LogP contribution >= 0.6 is 0 Å². The number of hydrogen-bond donors (Lipinski definition) is 1. The van der Waals surface area contributed by atoms with Crippen LogP contribution in [0.3, 0.4) is 0 Å². The van der Waals surface area contributed by atoms with Gasteiger partial charge in [0, 0.05) is 25.2 Å². The van der Waals surface area contributed by atoms with Gasteiger partial charge in [0.05, 0.1) is 0 Å². The zero-order valence-corrected chi connectivity index (χ0v) is 8.27. The van der Waals surface area contributed by atoms with Gasteiger partial charge in [-0.25, -0.2) is 4.79 Å². The molecule has 78 valence electrons. The van der Waals surface area contributed by atoms with Gasteiger partial charge in [-0.2, -0.15) is 0 Å². The Morgan fingerprint density at radius 1 is 1.43 bits per heavy atom. The number of nitrogens with zero attached hydrogens (tertiary/aromatic N) is 1. The molecule has 0 aliphatic carbocycles. The summed E-state index contributed by atoms with van der Waals surface area (Å²) in [6, 6.07) is 0. The molecule has 1 aliphatic heterocycles. The van der Waals surface area contributed by atoms with Gasteiger partial charge >= 0.3 is 5.97 Å².